The molecule has 17 heavy (non-hydrogen) atoms. The SMILES string of the molecule is CCC(CC)(CBr)CNC(=O)c1csc(Br)c1. The summed E-state index contributed by atoms with van der Waals surface area (Å²) in [5.41, 5.74) is 0.903. The van der Waals surface area contributed by atoms with Crippen LogP contribution in [0.25, 0.3) is 0 Å². The van der Waals surface area contributed by atoms with E-state index in [0.717, 1.165) is 34.1 Å². The van der Waals surface area contributed by atoms with E-state index < -0.39 is 0 Å². The van der Waals surface area contributed by atoms with Crippen molar-refractivity contribution in [2.24, 2.45) is 5.41 Å². The summed E-state index contributed by atoms with van der Waals surface area (Å²) in [6, 6.07) is 1.85. The third-order valence-corrected chi connectivity index (χ3v) is 5.93. The molecule has 0 saturated carbocycles. The van der Waals surface area contributed by atoms with Crippen LogP contribution in [0.1, 0.15) is 37.0 Å². The highest BCUT2D eigenvalue weighted by Crippen LogP contribution is 2.28. The van der Waals surface area contributed by atoms with Crippen LogP contribution >= 0.6 is 43.2 Å². The predicted molar refractivity (Wildman–Crippen MR) is 81.2 cm³/mol. The molecule has 0 bridgehead atoms. The van der Waals surface area contributed by atoms with Crippen molar-refractivity contribution < 1.29 is 4.79 Å². The number of thiophene rings is 1. The Kier molecular flexibility index (Phi) is 6.17. The number of carbonyl (C=O) groups excluding carboxylic acids is 1. The van der Waals surface area contributed by atoms with Crippen molar-refractivity contribution >= 4 is 49.1 Å². The van der Waals surface area contributed by atoms with Gasteiger partial charge in [-0.15, -0.1) is 11.3 Å². The van der Waals surface area contributed by atoms with Crippen LogP contribution in [0.15, 0.2) is 15.2 Å². The predicted octanol–water partition coefficient (Wildman–Crippen LogP) is 4.44. The summed E-state index contributed by atoms with van der Waals surface area (Å²) >= 11 is 8.44. The molecular weight excluding hydrogens is 366 g/mol. The first-order valence-corrected chi connectivity index (χ1v) is 8.44. The number of rotatable bonds is 6. The lowest BCUT2D eigenvalue weighted by molar-refractivity contribution is 0.0933. The molecule has 5 heteroatoms. The maximum Gasteiger partial charge on any atom is 0.252 e. The van der Waals surface area contributed by atoms with Gasteiger partial charge < -0.3 is 5.32 Å². The zero-order chi connectivity index (χ0) is 12.9. The van der Waals surface area contributed by atoms with Crippen LogP contribution in [0.3, 0.4) is 0 Å². The quantitative estimate of drug-likeness (QED) is 0.724. The molecule has 0 aliphatic heterocycles. The van der Waals surface area contributed by atoms with Crippen LogP contribution in [-0.2, 0) is 0 Å². The second-order valence-electron chi connectivity index (χ2n) is 4.16. The summed E-state index contributed by atoms with van der Waals surface area (Å²) in [7, 11) is 0. The first kappa shape index (κ1) is 15.2. The van der Waals surface area contributed by atoms with Crippen molar-refractivity contribution in [3.8, 4) is 0 Å². The number of carbonyl (C=O) groups is 1. The third kappa shape index (κ3) is 4.07. The van der Waals surface area contributed by atoms with Gasteiger partial charge in [0.1, 0.15) is 0 Å². The number of hydrogen-bond acceptors (Lipinski definition) is 2. The summed E-state index contributed by atoms with van der Waals surface area (Å²) in [6.45, 7) is 5.05. The Balaban J connectivity index is 2.58. The van der Waals surface area contributed by atoms with Crippen molar-refractivity contribution in [1.82, 2.24) is 5.32 Å². The van der Waals surface area contributed by atoms with Gasteiger partial charge in [-0.05, 0) is 40.3 Å². The minimum atomic E-state index is 0.0131. The van der Waals surface area contributed by atoms with Crippen LogP contribution in [0.2, 0.25) is 0 Å². The highest BCUT2D eigenvalue weighted by atomic mass is 79.9. The van der Waals surface area contributed by atoms with Gasteiger partial charge in [0, 0.05) is 17.3 Å². The van der Waals surface area contributed by atoms with E-state index in [0.29, 0.717) is 0 Å². The molecule has 0 atom stereocenters. The van der Waals surface area contributed by atoms with E-state index in [1.807, 2.05) is 11.4 Å². The Morgan fingerprint density at radius 2 is 2.12 bits per heavy atom. The molecule has 0 radical (unpaired) electrons. The van der Waals surface area contributed by atoms with Gasteiger partial charge >= 0.3 is 0 Å². The van der Waals surface area contributed by atoms with E-state index in [2.05, 4.69) is 51.0 Å². The number of amides is 1. The molecule has 96 valence electrons. The molecule has 1 amide bonds. The van der Waals surface area contributed by atoms with Crippen LogP contribution < -0.4 is 5.32 Å². The van der Waals surface area contributed by atoms with Gasteiger partial charge in [-0.3, -0.25) is 4.79 Å². The molecule has 1 N–H and O–H groups in total. The van der Waals surface area contributed by atoms with Crippen molar-refractivity contribution in [3.63, 3.8) is 0 Å². The minimum absolute atomic E-state index is 0.0131. The lowest BCUT2D eigenvalue weighted by atomic mass is 9.84. The highest BCUT2D eigenvalue weighted by Gasteiger charge is 2.25. The van der Waals surface area contributed by atoms with E-state index in [1.54, 1.807) is 0 Å². The van der Waals surface area contributed by atoms with Crippen molar-refractivity contribution in [3.05, 3.63) is 20.8 Å². The molecule has 0 fully saturated rings. The molecule has 1 heterocycles. The molecule has 1 aromatic rings. The Morgan fingerprint density at radius 3 is 2.53 bits per heavy atom. The Hall–Kier alpha value is 0.130. The Bertz CT molecular complexity index is 366. The first-order chi connectivity index (χ1) is 8.06. The second-order valence-corrected chi connectivity index (χ2v) is 7.01. The molecule has 2 nitrogen and oxygen atoms in total. The van der Waals surface area contributed by atoms with Gasteiger partial charge in [-0.1, -0.05) is 29.8 Å². The fourth-order valence-corrected chi connectivity index (χ4v) is 3.66. The number of nitrogens with one attached hydrogen (secondary N) is 1. The van der Waals surface area contributed by atoms with Crippen LogP contribution in [-0.4, -0.2) is 17.8 Å². The average molecular weight is 383 g/mol. The summed E-state index contributed by atoms with van der Waals surface area (Å²) in [4.78, 5) is 11.9. The van der Waals surface area contributed by atoms with Gasteiger partial charge in [0.25, 0.3) is 5.91 Å². The van der Waals surface area contributed by atoms with Gasteiger partial charge in [0.15, 0.2) is 0 Å². The number of halogens is 2. The van der Waals surface area contributed by atoms with Gasteiger partial charge in [0.05, 0.1) is 9.35 Å². The van der Waals surface area contributed by atoms with Crippen LogP contribution in [0.5, 0.6) is 0 Å². The van der Waals surface area contributed by atoms with Gasteiger partial charge in [-0.2, -0.15) is 0 Å². The molecule has 0 unspecified atom stereocenters. The normalized spacial score (nSPS) is 11.5. The second kappa shape index (κ2) is 6.90. The molecule has 0 aliphatic rings. The molecular formula is C12H17Br2NOS. The molecule has 0 saturated heterocycles. The van der Waals surface area contributed by atoms with E-state index in [9.17, 15) is 4.79 Å². The fraction of sp³-hybridized carbons (Fsp3) is 0.583. The zero-order valence-electron chi connectivity index (χ0n) is 10.1. The zero-order valence-corrected chi connectivity index (χ0v) is 14.0. The number of hydrogen-bond donors (Lipinski definition) is 1. The molecule has 1 rings (SSSR count). The Morgan fingerprint density at radius 1 is 1.47 bits per heavy atom. The summed E-state index contributed by atoms with van der Waals surface area (Å²) in [6.07, 6.45) is 2.12. The summed E-state index contributed by atoms with van der Waals surface area (Å²) in [5.74, 6) is 0.0131. The molecule has 0 spiro atoms. The van der Waals surface area contributed by atoms with E-state index in [4.69, 9.17) is 0 Å². The monoisotopic (exact) mass is 381 g/mol. The van der Waals surface area contributed by atoms with Crippen LogP contribution in [0.4, 0.5) is 0 Å². The van der Waals surface area contributed by atoms with Crippen molar-refractivity contribution in [2.75, 3.05) is 11.9 Å². The maximum atomic E-state index is 11.9. The van der Waals surface area contributed by atoms with Crippen molar-refractivity contribution in [1.29, 1.82) is 0 Å². The lowest BCUT2D eigenvalue weighted by Gasteiger charge is -2.29. The van der Waals surface area contributed by atoms with Crippen LogP contribution in [0, 0.1) is 5.41 Å². The topological polar surface area (TPSA) is 29.1 Å². The fourth-order valence-electron chi connectivity index (χ4n) is 1.54. The molecule has 1 aromatic heterocycles. The third-order valence-electron chi connectivity index (χ3n) is 3.24. The minimum Gasteiger partial charge on any atom is -0.351 e. The van der Waals surface area contributed by atoms with E-state index >= 15 is 0 Å². The standard InChI is InChI=1S/C12H17Br2NOS/c1-3-12(4-2,7-13)8-15-11(16)9-5-10(14)17-6-9/h5-6H,3-4,7-8H2,1-2H3,(H,15,16). The van der Waals surface area contributed by atoms with E-state index in [1.165, 1.54) is 11.3 Å². The lowest BCUT2D eigenvalue weighted by Crippen LogP contribution is -2.38. The summed E-state index contributed by atoms with van der Waals surface area (Å²) < 4.78 is 0.986. The van der Waals surface area contributed by atoms with Gasteiger partial charge in [-0.25, -0.2) is 0 Å². The molecule has 0 aromatic carbocycles. The largest absolute Gasteiger partial charge is 0.351 e. The Labute approximate surface area is 123 Å². The van der Waals surface area contributed by atoms with Crippen molar-refractivity contribution in [2.45, 2.75) is 26.7 Å². The summed E-state index contributed by atoms with van der Waals surface area (Å²) in [5, 5.41) is 5.81. The number of alkyl halides is 1. The molecule has 0 aliphatic carbocycles. The smallest absolute Gasteiger partial charge is 0.252 e. The average Bonchev–Trinajstić information content (AvgIpc) is 2.78. The first-order valence-electron chi connectivity index (χ1n) is 5.65. The highest BCUT2D eigenvalue weighted by molar-refractivity contribution is 9.11. The van der Waals surface area contributed by atoms with E-state index in [-0.39, 0.29) is 11.3 Å². The maximum absolute atomic E-state index is 11.9. The van der Waals surface area contributed by atoms with Gasteiger partial charge in [0.2, 0.25) is 0 Å².